The van der Waals surface area contributed by atoms with Crippen molar-refractivity contribution in [2.75, 3.05) is 6.54 Å². The van der Waals surface area contributed by atoms with Gasteiger partial charge in [-0.25, -0.2) is 0 Å². The molecule has 1 nitrogen and oxygen atoms in total. The fourth-order valence-electron chi connectivity index (χ4n) is 3.01. The number of nitrogens with one attached hydrogen (secondary N) is 1. The molecule has 1 aliphatic heterocycles. The van der Waals surface area contributed by atoms with E-state index in [-0.39, 0.29) is 0 Å². The van der Waals surface area contributed by atoms with E-state index in [1.807, 2.05) is 11.8 Å². The zero-order valence-corrected chi connectivity index (χ0v) is 13.6. The van der Waals surface area contributed by atoms with E-state index in [1.54, 1.807) is 0 Å². The van der Waals surface area contributed by atoms with Crippen LogP contribution in [-0.4, -0.2) is 17.8 Å². The van der Waals surface area contributed by atoms with Crippen LogP contribution in [-0.2, 0) is 12.8 Å². The van der Waals surface area contributed by atoms with E-state index in [4.69, 9.17) is 0 Å². The van der Waals surface area contributed by atoms with Gasteiger partial charge in [-0.3, -0.25) is 0 Å². The standard InChI is InChI=1S/C19H23NS/c1-3-20-17(12-15-10-8-14(2)9-11-15)19-13-16-6-4-5-7-18(16)21-19/h4-11,17,19-20H,3,12-13H2,1-2H3. The van der Waals surface area contributed by atoms with Crippen LogP contribution in [0.5, 0.6) is 0 Å². The molecule has 2 atom stereocenters. The van der Waals surface area contributed by atoms with Crippen molar-refractivity contribution in [3.8, 4) is 0 Å². The van der Waals surface area contributed by atoms with Crippen LogP contribution >= 0.6 is 11.8 Å². The van der Waals surface area contributed by atoms with Crippen LogP contribution in [0.2, 0.25) is 0 Å². The molecule has 2 unspecified atom stereocenters. The van der Waals surface area contributed by atoms with Crippen LogP contribution in [0.15, 0.2) is 53.4 Å². The monoisotopic (exact) mass is 297 g/mol. The van der Waals surface area contributed by atoms with E-state index >= 15 is 0 Å². The fourth-order valence-corrected chi connectivity index (χ4v) is 4.41. The Hall–Kier alpha value is -1.25. The van der Waals surface area contributed by atoms with Gasteiger partial charge in [0.2, 0.25) is 0 Å². The van der Waals surface area contributed by atoms with Crippen molar-refractivity contribution >= 4 is 11.8 Å². The summed E-state index contributed by atoms with van der Waals surface area (Å²) in [7, 11) is 0. The highest BCUT2D eigenvalue weighted by Gasteiger charge is 2.28. The Morgan fingerprint density at radius 1 is 1.14 bits per heavy atom. The molecule has 0 bridgehead atoms. The Morgan fingerprint density at radius 2 is 1.90 bits per heavy atom. The van der Waals surface area contributed by atoms with Crippen molar-refractivity contribution in [2.24, 2.45) is 0 Å². The molecule has 0 saturated carbocycles. The number of aryl methyl sites for hydroxylation is 1. The van der Waals surface area contributed by atoms with Gasteiger partial charge in [0.15, 0.2) is 0 Å². The summed E-state index contributed by atoms with van der Waals surface area (Å²) < 4.78 is 0. The van der Waals surface area contributed by atoms with Crippen LogP contribution in [0.4, 0.5) is 0 Å². The van der Waals surface area contributed by atoms with Crippen molar-refractivity contribution in [3.05, 3.63) is 65.2 Å². The van der Waals surface area contributed by atoms with Gasteiger partial charge in [0.05, 0.1) is 0 Å². The van der Waals surface area contributed by atoms with Gasteiger partial charge in [0.25, 0.3) is 0 Å². The molecule has 3 rings (SSSR count). The fraction of sp³-hybridized carbons (Fsp3) is 0.368. The van der Waals surface area contributed by atoms with Crippen LogP contribution in [0.25, 0.3) is 0 Å². The van der Waals surface area contributed by atoms with E-state index in [0.29, 0.717) is 11.3 Å². The number of fused-ring (bicyclic) bond motifs is 1. The number of rotatable bonds is 5. The highest BCUT2D eigenvalue weighted by Crippen LogP contribution is 2.38. The molecule has 1 aliphatic rings. The van der Waals surface area contributed by atoms with Gasteiger partial charge >= 0.3 is 0 Å². The normalized spacial score (nSPS) is 18.5. The molecular weight excluding hydrogens is 274 g/mol. The first-order valence-electron chi connectivity index (χ1n) is 7.79. The maximum absolute atomic E-state index is 3.70. The molecular formula is C19H23NS. The summed E-state index contributed by atoms with van der Waals surface area (Å²) in [5.41, 5.74) is 4.28. The molecule has 0 aromatic heterocycles. The lowest BCUT2D eigenvalue weighted by atomic mass is 9.98. The number of likely N-dealkylation sites (N-methyl/N-ethyl adjacent to an activating group) is 1. The summed E-state index contributed by atoms with van der Waals surface area (Å²) in [5, 5.41) is 4.34. The van der Waals surface area contributed by atoms with Gasteiger partial charge < -0.3 is 5.32 Å². The smallest absolute Gasteiger partial charge is 0.0292 e. The Morgan fingerprint density at radius 3 is 2.62 bits per heavy atom. The molecule has 0 amide bonds. The second-order valence-electron chi connectivity index (χ2n) is 5.82. The third-order valence-electron chi connectivity index (χ3n) is 4.16. The molecule has 0 radical (unpaired) electrons. The maximum atomic E-state index is 3.70. The van der Waals surface area contributed by atoms with Gasteiger partial charge in [-0.05, 0) is 43.5 Å². The van der Waals surface area contributed by atoms with E-state index < -0.39 is 0 Å². The number of hydrogen-bond acceptors (Lipinski definition) is 2. The summed E-state index contributed by atoms with van der Waals surface area (Å²) in [6.07, 6.45) is 2.30. The molecule has 2 aromatic rings. The predicted molar refractivity (Wildman–Crippen MR) is 92.1 cm³/mol. The van der Waals surface area contributed by atoms with Crippen molar-refractivity contribution in [1.82, 2.24) is 5.32 Å². The van der Waals surface area contributed by atoms with Gasteiger partial charge in [-0.15, -0.1) is 11.8 Å². The topological polar surface area (TPSA) is 12.0 Å². The molecule has 0 spiro atoms. The zero-order valence-electron chi connectivity index (χ0n) is 12.8. The summed E-state index contributed by atoms with van der Waals surface area (Å²) in [5.74, 6) is 0. The lowest BCUT2D eigenvalue weighted by molar-refractivity contribution is 0.506. The molecule has 1 N–H and O–H groups in total. The minimum Gasteiger partial charge on any atom is -0.313 e. The second-order valence-corrected chi connectivity index (χ2v) is 7.10. The van der Waals surface area contributed by atoms with E-state index in [2.05, 4.69) is 67.7 Å². The van der Waals surface area contributed by atoms with Crippen molar-refractivity contribution in [3.63, 3.8) is 0 Å². The van der Waals surface area contributed by atoms with Crippen molar-refractivity contribution < 1.29 is 0 Å². The lowest BCUT2D eigenvalue weighted by Gasteiger charge is -2.24. The van der Waals surface area contributed by atoms with Gasteiger partial charge in [-0.2, -0.15) is 0 Å². The van der Waals surface area contributed by atoms with Crippen LogP contribution in [0.3, 0.4) is 0 Å². The first-order chi connectivity index (χ1) is 10.3. The summed E-state index contributed by atoms with van der Waals surface area (Å²) in [4.78, 5) is 1.47. The third kappa shape index (κ3) is 3.50. The molecule has 2 heteroatoms. The minimum absolute atomic E-state index is 0.537. The van der Waals surface area contributed by atoms with Crippen LogP contribution in [0, 0.1) is 6.92 Å². The Bertz CT molecular complexity index is 566. The molecule has 21 heavy (non-hydrogen) atoms. The first kappa shape index (κ1) is 14.7. The van der Waals surface area contributed by atoms with E-state index in [1.165, 1.54) is 28.0 Å². The summed E-state index contributed by atoms with van der Waals surface area (Å²) in [6.45, 7) is 5.38. The molecule has 0 aliphatic carbocycles. The Balaban J connectivity index is 1.72. The predicted octanol–water partition coefficient (Wildman–Crippen LogP) is 4.23. The second kappa shape index (κ2) is 6.67. The first-order valence-corrected chi connectivity index (χ1v) is 8.67. The van der Waals surface area contributed by atoms with Crippen molar-refractivity contribution in [2.45, 2.75) is 42.9 Å². The molecule has 110 valence electrons. The number of benzene rings is 2. The summed E-state index contributed by atoms with van der Waals surface area (Å²) in [6, 6.07) is 18.4. The molecule has 2 aromatic carbocycles. The van der Waals surface area contributed by atoms with Gasteiger partial charge in [0, 0.05) is 16.2 Å². The SMILES string of the molecule is CCNC(Cc1ccc(C)cc1)C1Cc2ccccc2S1. The lowest BCUT2D eigenvalue weighted by Crippen LogP contribution is -2.39. The van der Waals surface area contributed by atoms with Crippen molar-refractivity contribution in [1.29, 1.82) is 0 Å². The van der Waals surface area contributed by atoms with Gasteiger partial charge in [-0.1, -0.05) is 55.0 Å². The van der Waals surface area contributed by atoms with E-state index in [0.717, 1.165) is 13.0 Å². The Kier molecular flexibility index (Phi) is 4.67. The quantitative estimate of drug-likeness (QED) is 0.886. The number of hydrogen-bond donors (Lipinski definition) is 1. The Labute approximate surface area is 132 Å². The molecule has 1 heterocycles. The number of thioether (sulfide) groups is 1. The zero-order chi connectivity index (χ0) is 14.7. The minimum atomic E-state index is 0.537. The third-order valence-corrected chi connectivity index (χ3v) is 5.61. The average molecular weight is 297 g/mol. The highest BCUT2D eigenvalue weighted by molar-refractivity contribution is 8.00. The molecule has 0 fully saturated rings. The van der Waals surface area contributed by atoms with Gasteiger partial charge in [0.1, 0.15) is 0 Å². The largest absolute Gasteiger partial charge is 0.313 e. The maximum Gasteiger partial charge on any atom is 0.0292 e. The van der Waals surface area contributed by atoms with E-state index in [9.17, 15) is 0 Å². The molecule has 0 saturated heterocycles. The highest BCUT2D eigenvalue weighted by atomic mass is 32.2. The van der Waals surface area contributed by atoms with Crippen LogP contribution < -0.4 is 5.32 Å². The average Bonchev–Trinajstić information content (AvgIpc) is 2.93. The summed E-state index contributed by atoms with van der Waals surface area (Å²) >= 11 is 2.04. The van der Waals surface area contributed by atoms with Crippen LogP contribution in [0.1, 0.15) is 23.6 Å².